The summed E-state index contributed by atoms with van der Waals surface area (Å²) in [6.45, 7) is 1.98. The third-order valence-corrected chi connectivity index (χ3v) is 2.76. The van der Waals surface area contributed by atoms with Gasteiger partial charge in [-0.2, -0.15) is 0 Å². The maximum atomic E-state index is 5.75. The number of aryl methyl sites for hydroxylation is 1. The van der Waals surface area contributed by atoms with Gasteiger partial charge in [0.2, 0.25) is 0 Å². The molecule has 6 heteroatoms. The predicted octanol–water partition coefficient (Wildman–Crippen LogP) is 2.38. The van der Waals surface area contributed by atoms with Crippen LogP contribution in [0, 0.1) is 0 Å². The molecule has 0 atom stereocenters. The molecule has 0 unspecified atom stereocenters. The van der Waals surface area contributed by atoms with Crippen LogP contribution in [-0.2, 0) is 6.42 Å². The third kappa shape index (κ3) is 3.09. The largest absolute Gasteiger partial charge is 0.493 e. The second-order valence-electron chi connectivity index (χ2n) is 4.14. The highest BCUT2D eigenvalue weighted by Gasteiger charge is 2.06. The molecule has 0 spiro atoms. The number of ether oxygens (including phenoxy) is 2. The number of aromatic nitrogens is 2. The van der Waals surface area contributed by atoms with Gasteiger partial charge in [-0.25, -0.2) is 9.97 Å². The van der Waals surface area contributed by atoms with Gasteiger partial charge in [0.05, 0.1) is 14.2 Å². The monoisotopic (exact) mass is 274 g/mol. The van der Waals surface area contributed by atoms with E-state index in [9.17, 15) is 0 Å². The minimum absolute atomic E-state index is 0.444. The van der Waals surface area contributed by atoms with E-state index in [-0.39, 0.29) is 0 Å². The summed E-state index contributed by atoms with van der Waals surface area (Å²) in [5.41, 5.74) is 6.59. The lowest BCUT2D eigenvalue weighted by molar-refractivity contribution is 0.355. The molecule has 3 N–H and O–H groups in total. The van der Waals surface area contributed by atoms with Crippen molar-refractivity contribution in [3.63, 3.8) is 0 Å². The Labute approximate surface area is 118 Å². The minimum atomic E-state index is 0.444. The van der Waals surface area contributed by atoms with E-state index in [1.54, 1.807) is 20.3 Å². The highest BCUT2D eigenvalue weighted by atomic mass is 16.5. The summed E-state index contributed by atoms with van der Waals surface area (Å²) in [5.74, 6) is 3.12. The molecule has 0 aliphatic carbocycles. The number of rotatable bonds is 5. The second-order valence-corrected chi connectivity index (χ2v) is 4.14. The first-order valence-corrected chi connectivity index (χ1v) is 6.28. The molecule has 0 radical (unpaired) electrons. The SMILES string of the molecule is CCc1nc(N)cc(Nc2ccc(OC)c(OC)c2)n1. The van der Waals surface area contributed by atoms with E-state index in [1.807, 2.05) is 25.1 Å². The summed E-state index contributed by atoms with van der Waals surface area (Å²) in [7, 11) is 3.20. The van der Waals surface area contributed by atoms with Gasteiger partial charge >= 0.3 is 0 Å². The van der Waals surface area contributed by atoms with Gasteiger partial charge in [0.1, 0.15) is 17.5 Å². The molecule has 0 fully saturated rings. The first-order chi connectivity index (χ1) is 9.66. The first-order valence-electron chi connectivity index (χ1n) is 6.28. The number of anilines is 3. The zero-order valence-electron chi connectivity index (χ0n) is 11.8. The number of nitrogens with one attached hydrogen (secondary N) is 1. The summed E-state index contributed by atoms with van der Waals surface area (Å²) in [5, 5.41) is 3.18. The fourth-order valence-corrected chi connectivity index (χ4v) is 1.80. The van der Waals surface area contributed by atoms with Crippen molar-refractivity contribution in [3.8, 4) is 11.5 Å². The molecule has 1 aromatic heterocycles. The lowest BCUT2D eigenvalue weighted by atomic mass is 10.2. The molecule has 6 nitrogen and oxygen atoms in total. The van der Waals surface area contributed by atoms with Gasteiger partial charge in [-0.15, -0.1) is 0 Å². The standard InChI is InChI=1S/C14H18N4O2/c1-4-13-17-12(15)8-14(18-13)16-9-5-6-10(19-2)11(7-9)20-3/h5-8H,4H2,1-3H3,(H3,15,16,17,18). The summed E-state index contributed by atoms with van der Waals surface area (Å²) in [6, 6.07) is 7.23. The van der Waals surface area contributed by atoms with Gasteiger partial charge in [0, 0.05) is 24.2 Å². The van der Waals surface area contributed by atoms with Crippen molar-refractivity contribution >= 4 is 17.3 Å². The van der Waals surface area contributed by atoms with E-state index in [2.05, 4.69) is 15.3 Å². The average Bonchev–Trinajstić information content (AvgIpc) is 2.46. The topological polar surface area (TPSA) is 82.3 Å². The molecular weight excluding hydrogens is 256 g/mol. The maximum Gasteiger partial charge on any atom is 0.162 e. The Bertz CT molecular complexity index is 602. The van der Waals surface area contributed by atoms with E-state index in [1.165, 1.54) is 0 Å². The van der Waals surface area contributed by atoms with Gasteiger partial charge < -0.3 is 20.5 Å². The van der Waals surface area contributed by atoms with Crippen molar-refractivity contribution in [1.29, 1.82) is 0 Å². The molecule has 0 aliphatic rings. The summed E-state index contributed by atoms with van der Waals surface area (Å²) in [6.07, 6.45) is 0.728. The highest BCUT2D eigenvalue weighted by Crippen LogP contribution is 2.30. The minimum Gasteiger partial charge on any atom is -0.493 e. The molecule has 20 heavy (non-hydrogen) atoms. The summed E-state index contributed by atoms with van der Waals surface area (Å²) >= 11 is 0. The summed E-state index contributed by atoms with van der Waals surface area (Å²) < 4.78 is 10.5. The van der Waals surface area contributed by atoms with Crippen LogP contribution in [0.3, 0.4) is 0 Å². The van der Waals surface area contributed by atoms with Crippen molar-refractivity contribution in [2.24, 2.45) is 0 Å². The molecule has 0 aliphatic heterocycles. The Morgan fingerprint density at radius 3 is 2.50 bits per heavy atom. The zero-order valence-corrected chi connectivity index (χ0v) is 11.8. The van der Waals surface area contributed by atoms with Gasteiger partial charge in [-0.3, -0.25) is 0 Å². The third-order valence-electron chi connectivity index (χ3n) is 2.76. The van der Waals surface area contributed by atoms with Crippen LogP contribution in [0.4, 0.5) is 17.3 Å². The maximum absolute atomic E-state index is 5.75. The molecule has 0 amide bonds. The van der Waals surface area contributed by atoms with Crippen molar-refractivity contribution < 1.29 is 9.47 Å². The van der Waals surface area contributed by atoms with Gasteiger partial charge in [0.25, 0.3) is 0 Å². The van der Waals surface area contributed by atoms with Crippen molar-refractivity contribution in [1.82, 2.24) is 9.97 Å². The first kappa shape index (κ1) is 13.9. The van der Waals surface area contributed by atoms with E-state index in [4.69, 9.17) is 15.2 Å². The van der Waals surface area contributed by atoms with Crippen LogP contribution >= 0.6 is 0 Å². The van der Waals surface area contributed by atoms with Crippen molar-refractivity contribution in [3.05, 3.63) is 30.1 Å². The van der Waals surface area contributed by atoms with Crippen LogP contribution in [0.2, 0.25) is 0 Å². The van der Waals surface area contributed by atoms with Gasteiger partial charge in [-0.1, -0.05) is 6.92 Å². The number of nitrogens with two attached hydrogens (primary N) is 1. The zero-order chi connectivity index (χ0) is 14.5. The quantitative estimate of drug-likeness (QED) is 0.871. The molecule has 2 aromatic rings. The number of hydrogen-bond acceptors (Lipinski definition) is 6. The van der Waals surface area contributed by atoms with E-state index in [0.717, 1.165) is 12.1 Å². The van der Waals surface area contributed by atoms with E-state index < -0.39 is 0 Å². The molecule has 0 saturated carbocycles. The van der Waals surface area contributed by atoms with Crippen LogP contribution in [0.1, 0.15) is 12.7 Å². The molecule has 0 bridgehead atoms. The fourth-order valence-electron chi connectivity index (χ4n) is 1.80. The number of nitrogen functional groups attached to an aromatic ring is 1. The average molecular weight is 274 g/mol. The molecular formula is C14H18N4O2. The Hall–Kier alpha value is -2.50. The van der Waals surface area contributed by atoms with Gasteiger partial charge in [-0.05, 0) is 12.1 Å². The van der Waals surface area contributed by atoms with E-state index >= 15 is 0 Å². The van der Waals surface area contributed by atoms with Crippen molar-refractivity contribution in [2.45, 2.75) is 13.3 Å². The molecule has 1 aromatic carbocycles. The summed E-state index contributed by atoms with van der Waals surface area (Å²) in [4.78, 5) is 8.51. The Morgan fingerprint density at radius 2 is 1.85 bits per heavy atom. The fraction of sp³-hybridized carbons (Fsp3) is 0.286. The Balaban J connectivity index is 2.27. The smallest absolute Gasteiger partial charge is 0.162 e. The highest BCUT2D eigenvalue weighted by molar-refractivity contribution is 5.62. The lowest BCUT2D eigenvalue weighted by Crippen LogP contribution is -2.03. The predicted molar refractivity (Wildman–Crippen MR) is 78.7 cm³/mol. The van der Waals surface area contributed by atoms with Gasteiger partial charge in [0.15, 0.2) is 11.5 Å². The Kier molecular flexibility index (Phi) is 4.24. The second kappa shape index (κ2) is 6.10. The lowest BCUT2D eigenvalue weighted by Gasteiger charge is -2.11. The Morgan fingerprint density at radius 1 is 1.10 bits per heavy atom. The van der Waals surface area contributed by atoms with Crippen LogP contribution < -0.4 is 20.5 Å². The van der Waals surface area contributed by atoms with Crippen LogP contribution in [0.25, 0.3) is 0 Å². The van der Waals surface area contributed by atoms with Crippen LogP contribution in [-0.4, -0.2) is 24.2 Å². The number of methoxy groups -OCH3 is 2. The van der Waals surface area contributed by atoms with Crippen LogP contribution in [0.15, 0.2) is 24.3 Å². The normalized spacial score (nSPS) is 10.2. The molecule has 0 saturated heterocycles. The number of nitrogens with zero attached hydrogens (tertiary/aromatic N) is 2. The number of hydrogen-bond donors (Lipinski definition) is 2. The molecule has 106 valence electrons. The number of benzene rings is 1. The molecule has 1 heterocycles. The van der Waals surface area contributed by atoms with E-state index in [0.29, 0.717) is 29.0 Å². The van der Waals surface area contributed by atoms with Crippen molar-refractivity contribution in [2.75, 3.05) is 25.3 Å². The molecule has 2 rings (SSSR count). The van der Waals surface area contributed by atoms with Crippen LogP contribution in [0.5, 0.6) is 11.5 Å².